The van der Waals surface area contributed by atoms with Gasteiger partial charge in [-0.1, -0.05) is 28.1 Å². The third kappa shape index (κ3) is 2.95. The zero-order chi connectivity index (χ0) is 14.8. The van der Waals surface area contributed by atoms with E-state index in [-0.39, 0.29) is 12.5 Å². The van der Waals surface area contributed by atoms with Crippen LogP contribution in [-0.4, -0.2) is 18.6 Å². The van der Waals surface area contributed by atoms with E-state index in [1.165, 1.54) is 0 Å². The van der Waals surface area contributed by atoms with Gasteiger partial charge in [-0.25, -0.2) is 0 Å². The molecule has 0 radical (unpaired) electrons. The molecule has 1 aliphatic rings. The summed E-state index contributed by atoms with van der Waals surface area (Å²) in [5.74, 6) is 0.913. The second-order valence-electron chi connectivity index (χ2n) is 4.59. The van der Waals surface area contributed by atoms with Crippen LogP contribution in [0.2, 0.25) is 0 Å². The SMILES string of the molecule is Nc1cc(Br)ccc1NC(=O)C1COc2ccccc2O1. The number of benzene rings is 2. The highest BCUT2D eigenvalue weighted by molar-refractivity contribution is 9.10. The van der Waals surface area contributed by atoms with E-state index in [1.54, 1.807) is 30.3 Å². The van der Waals surface area contributed by atoms with Crippen molar-refractivity contribution in [1.29, 1.82) is 0 Å². The molecule has 21 heavy (non-hydrogen) atoms. The predicted octanol–water partition coefficient (Wildman–Crippen LogP) is 2.81. The molecule has 0 saturated heterocycles. The molecule has 1 amide bonds. The summed E-state index contributed by atoms with van der Waals surface area (Å²) in [6, 6.07) is 12.5. The molecule has 1 atom stereocenters. The average molecular weight is 349 g/mol. The molecule has 0 saturated carbocycles. The van der Waals surface area contributed by atoms with Crippen LogP contribution in [0.1, 0.15) is 0 Å². The third-order valence-electron chi connectivity index (χ3n) is 3.07. The Morgan fingerprint density at radius 1 is 1.24 bits per heavy atom. The van der Waals surface area contributed by atoms with Crippen LogP contribution in [0.4, 0.5) is 11.4 Å². The van der Waals surface area contributed by atoms with Gasteiger partial charge < -0.3 is 20.5 Å². The maximum atomic E-state index is 12.2. The van der Waals surface area contributed by atoms with Crippen LogP contribution in [-0.2, 0) is 4.79 Å². The first-order valence-electron chi connectivity index (χ1n) is 6.38. The summed E-state index contributed by atoms with van der Waals surface area (Å²) in [5, 5.41) is 2.75. The molecular formula is C15H13BrN2O3. The van der Waals surface area contributed by atoms with Crippen molar-refractivity contribution in [1.82, 2.24) is 0 Å². The van der Waals surface area contributed by atoms with Crippen molar-refractivity contribution in [3.05, 3.63) is 46.9 Å². The van der Waals surface area contributed by atoms with Gasteiger partial charge in [0.1, 0.15) is 6.61 Å². The largest absolute Gasteiger partial charge is 0.485 e. The highest BCUT2D eigenvalue weighted by Gasteiger charge is 2.27. The highest BCUT2D eigenvalue weighted by Crippen LogP contribution is 2.31. The summed E-state index contributed by atoms with van der Waals surface area (Å²) in [6.45, 7) is 0.166. The van der Waals surface area contributed by atoms with Crippen LogP contribution < -0.4 is 20.5 Å². The Morgan fingerprint density at radius 2 is 2.00 bits per heavy atom. The number of para-hydroxylation sites is 2. The van der Waals surface area contributed by atoms with Gasteiger partial charge in [0, 0.05) is 4.47 Å². The van der Waals surface area contributed by atoms with E-state index in [2.05, 4.69) is 21.2 Å². The van der Waals surface area contributed by atoms with E-state index in [0.717, 1.165) is 4.47 Å². The van der Waals surface area contributed by atoms with Crippen LogP contribution in [0.3, 0.4) is 0 Å². The van der Waals surface area contributed by atoms with Crippen molar-refractivity contribution >= 4 is 33.2 Å². The first-order chi connectivity index (χ1) is 10.1. The molecule has 5 nitrogen and oxygen atoms in total. The van der Waals surface area contributed by atoms with Gasteiger partial charge in [-0.05, 0) is 30.3 Å². The first kappa shape index (κ1) is 13.8. The summed E-state index contributed by atoms with van der Waals surface area (Å²) >= 11 is 3.32. The monoisotopic (exact) mass is 348 g/mol. The van der Waals surface area contributed by atoms with Crippen LogP contribution in [0.25, 0.3) is 0 Å². The molecule has 3 rings (SSSR count). The number of fused-ring (bicyclic) bond motifs is 1. The van der Waals surface area contributed by atoms with E-state index in [9.17, 15) is 4.79 Å². The summed E-state index contributed by atoms with van der Waals surface area (Å²) in [5.41, 5.74) is 6.89. The zero-order valence-electron chi connectivity index (χ0n) is 11.0. The lowest BCUT2D eigenvalue weighted by Crippen LogP contribution is -2.40. The fourth-order valence-corrected chi connectivity index (χ4v) is 2.39. The lowest BCUT2D eigenvalue weighted by atomic mass is 10.2. The number of nitrogen functional groups attached to an aromatic ring is 1. The number of hydrogen-bond donors (Lipinski definition) is 2. The number of halogens is 1. The van der Waals surface area contributed by atoms with Crippen molar-refractivity contribution in [2.24, 2.45) is 0 Å². The van der Waals surface area contributed by atoms with Gasteiger partial charge in [-0.15, -0.1) is 0 Å². The molecule has 0 fully saturated rings. The van der Waals surface area contributed by atoms with Gasteiger partial charge in [0.15, 0.2) is 11.5 Å². The molecule has 0 spiro atoms. The van der Waals surface area contributed by atoms with Crippen LogP contribution >= 0.6 is 15.9 Å². The number of rotatable bonds is 2. The maximum Gasteiger partial charge on any atom is 0.269 e. The highest BCUT2D eigenvalue weighted by atomic mass is 79.9. The Bertz CT molecular complexity index is 690. The Morgan fingerprint density at radius 3 is 2.76 bits per heavy atom. The number of anilines is 2. The minimum Gasteiger partial charge on any atom is -0.485 e. The second-order valence-corrected chi connectivity index (χ2v) is 5.50. The van der Waals surface area contributed by atoms with Crippen molar-refractivity contribution in [2.45, 2.75) is 6.10 Å². The van der Waals surface area contributed by atoms with Gasteiger partial charge in [0.2, 0.25) is 6.10 Å². The average Bonchev–Trinajstić information content (AvgIpc) is 2.49. The van der Waals surface area contributed by atoms with Crippen LogP contribution in [0.5, 0.6) is 11.5 Å². The number of ether oxygens (including phenoxy) is 2. The normalized spacial score (nSPS) is 16.3. The van der Waals surface area contributed by atoms with Crippen molar-refractivity contribution < 1.29 is 14.3 Å². The molecule has 3 N–H and O–H groups in total. The van der Waals surface area contributed by atoms with Crippen LogP contribution in [0, 0.1) is 0 Å². The standard InChI is InChI=1S/C15H13BrN2O3/c16-9-5-6-11(10(17)7-9)18-15(19)14-8-20-12-3-1-2-4-13(12)21-14/h1-7,14H,8,17H2,(H,18,19). The lowest BCUT2D eigenvalue weighted by Gasteiger charge is -2.25. The molecule has 1 unspecified atom stereocenters. The van der Waals surface area contributed by atoms with Gasteiger partial charge >= 0.3 is 0 Å². The summed E-state index contributed by atoms with van der Waals surface area (Å²) in [6.07, 6.45) is -0.706. The Kier molecular flexibility index (Phi) is 3.70. The van der Waals surface area contributed by atoms with Crippen molar-refractivity contribution in [3.8, 4) is 11.5 Å². The maximum absolute atomic E-state index is 12.2. The van der Waals surface area contributed by atoms with Gasteiger partial charge in [-0.3, -0.25) is 4.79 Å². The van der Waals surface area contributed by atoms with Crippen molar-refractivity contribution in [2.75, 3.05) is 17.7 Å². The van der Waals surface area contributed by atoms with E-state index >= 15 is 0 Å². The van der Waals surface area contributed by atoms with Gasteiger partial charge in [0.25, 0.3) is 5.91 Å². The summed E-state index contributed by atoms with van der Waals surface area (Å²) < 4.78 is 12.0. The Hall–Kier alpha value is -2.21. The fourth-order valence-electron chi connectivity index (χ4n) is 2.01. The summed E-state index contributed by atoms with van der Waals surface area (Å²) in [4.78, 5) is 12.2. The molecule has 0 bridgehead atoms. The number of carbonyl (C=O) groups is 1. The third-order valence-corrected chi connectivity index (χ3v) is 3.57. The van der Waals surface area contributed by atoms with Gasteiger partial charge in [0.05, 0.1) is 11.4 Å². The Balaban J connectivity index is 1.72. The quantitative estimate of drug-likeness (QED) is 0.818. The molecule has 1 heterocycles. The molecule has 1 aliphatic heterocycles. The predicted molar refractivity (Wildman–Crippen MR) is 83.5 cm³/mol. The number of nitrogens with one attached hydrogen (secondary N) is 1. The minimum atomic E-state index is -0.706. The summed E-state index contributed by atoms with van der Waals surface area (Å²) in [7, 11) is 0. The van der Waals surface area contributed by atoms with E-state index in [0.29, 0.717) is 22.9 Å². The molecular weight excluding hydrogens is 336 g/mol. The van der Waals surface area contributed by atoms with Crippen molar-refractivity contribution in [3.63, 3.8) is 0 Å². The molecule has 2 aromatic rings. The van der Waals surface area contributed by atoms with E-state index in [4.69, 9.17) is 15.2 Å². The number of hydrogen-bond acceptors (Lipinski definition) is 4. The van der Waals surface area contributed by atoms with E-state index in [1.807, 2.05) is 12.1 Å². The zero-order valence-corrected chi connectivity index (χ0v) is 12.6. The molecule has 2 aromatic carbocycles. The minimum absolute atomic E-state index is 0.166. The first-order valence-corrected chi connectivity index (χ1v) is 7.17. The second kappa shape index (κ2) is 5.65. The van der Waals surface area contributed by atoms with Crippen LogP contribution in [0.15, 0.2) is 46.9 Å². The Labute approximate surface area is 130 Å². The molecule has 108 valence electrons. The van der Waals surface area contributed by atoms with E-state index < -0.39 is 6.10 Å². The lowest BCUT2D eigenvalue weighted by molar-refractivity contribution is -0.125. The molecule has 0 aromatic heterocycles. The fraction of sp³-hybridized carbons (Fsp3) is 0.133. The molecule has 0 aliphatic carbocycles. The number of nitrogens with two attached hydrogens (primary N) is 1. The van der Waals surface area contributed by atoms with Gasteiger partial charge in [-0.2, -0.15) is 0 Å². The number of amides is 1. The number of carbonyl (C=O) groups excluding carboxylic acids is 1. The molecule has 6 heteroatoms. The smallest absolute Gasteiger partial charge is 0.269 e. The topological polar surface area (TPSA) is 73.6 Å².